The number of phosphoric acid groups is 1. The molecule has 8 nitrogen and oxygen atoms in total. The predicted octanol–water partition coefficient (Wildman–Crippen LogP) is 4.86. The zero-order chi connectivity index (χ0) is 25.9. The summed E-state index contributed by atoms with van der Waals surface area (Å²) in [6, 6.07) is 0. The van der Waals surface area contributed by atoms with Crippen LogP contribution in [0, 0.1) is 0 Å². The van der Waals surface area contributed by atoms with Crippen LogP contribution >= 0.6 is 7.82 Å². The molecule has 0 bridgehead atoms. The molecule has 0 saturated carbocycles. The number of hydrogen-bond acceptors (Lipinski definition) is 4. The molecule has 0 aliphatic carbocycles. The van der Waals surface area contributed by atoms with Gasteiger partial charge in [-0.2, -0.15) is 0 Å². The predicted molar refractivity (Wildman–Crippen MR) is 138 cm³/mol. The third-order valence-electron chi connectivity index (χ3n) is 5.95. The first-order valence-electron chi connectivity index (χ1n) is 13.4. The molecule has 204 valence electrons. The van der Waals surface area contributed by atoms with Gasteiger partial charge in [0.05, 0.1) is 33.9 Å². The Kier molecular flexibility index (Phi) is 19.4. The van der Waals surface area contributed by atoms with Crippen molar-refractivity contribution in [3.05, 3.63) is 0 Å². The summed E-state index contributed by atoms with van der Waals surface area (Å²) in [5.41, 5.74) is 0. The van der Waals surface area contributed by atoms with E-state index in [0.717, 1.165) is 19.3 Å². The second kappa shape index (κ2) is 19.7. The lowest BCUT2D eigenvalue weighted by Crippen LogP contribution is -2.47. The van der Waals surface area contributed by atoms with E-state index in [4.69, 9.17) is 9.79 Å². The Morgan fingerprint density at radius 3 is 1.65 bits per heavy atom. The van der Waals surface area contributed by atoms with Crippen LogP contribution in [0.3, 0.4) is 0 Å². The van der Waals surface area contributed by atoms with Crippen molar-refractivity contribution < 1.29 is 33.3 Å². The minimum Gasteiger partial charge on any atom is -0.394 e. The highest BCUT2D eigenvalue weighted by Gasteiger charge is 2.25. The lowest BCUT2D eigenvalue weighted by atomic mass is 10.0. The van der Waals surface area contributed by atoms with E-state index in [-0.39, 0.29) is 12.3 Å². The Morgan fingerprint density at radius 2 is 1.26 bits per heavy atom. The number of aliphatic hydroxyl groups excluding tert-OH is 1. The fourth-order valence-electron chi connectivity index (χ4n) is 4.04. The van der Waals surface area contributed by atoms with Crippen molar-refractivity contribution in [1.82, 2.24) is 4.90 Å². The van der Waals surface area contributed by atoms with E-state index in [1.54, 1.807) is 4.90 Å². The van der Waals surface area contributed by atoms with Gasteiger partial charge in [-0.3, -0.25) is 9.32 Å². The largest absolute Gasteiger partial charge is 0.469 e. The summed E-state index contributed by atoms with van der Waals surface area (Å²) in [6.45, 7) is 3.03. The van der Waals surface area contributed by atoms with Crippen LogP contribution in [-0.2, 0) is 13.9 Å². The molecule has 0 fully saturated rings. The monoisotopic (exact) mass is 509 g/mol. The third-order valence-corrected chi connectivity index (χ3v) is 6.53. The lowest BCUT2D eigenvalue weighted by Gasteiger charge is -2.29. The van der Waals surface area contributed by atoms with Gasteiger partial charge in [0.25, 0.3) is 5.91 Å². The highest BCUT2D eigenvalue weighted by molar-refractivity contribution is 7.46. The van der Waals surface area contributed by atoms with Gasteiger partial charge >= 0.3 is 7.82 Å². The standard InChI is InChI=1S/C25H53N2O6P/c1-5-6-7-8-9-10-11-12-13-14-15-16-17-18-20-26(25(29)22-27(2,3)4)21-19-24(23-28)33-34(30,31)32/h24,28H,5-23H2,1-4H3,(H-,30,31,32)/p+1. The Morgan fingerprint density at radius 1 is 0.824 bits per heavy atom. The van der Waals surface area contributed by atoms with Crippen LogP contribution in [-0.4, -0.2) is 83.7 Å². The quantitative estimate of drug-likeness (QED) is 0.103. The molecular weight excluding hydrogens is 455 g/mol. The zero-order valence-corrected chi connectivity index (χ0v) is 23.3. The Labute approximate surface area is 208 Å². The molecule has 0 spiro atoms. The van der Waals surface area contributed by atoms with E-state index < -0.39 is 20.5 Å². The van der Waals surface area contributed by atoms with E-state index in [2.05, 4.69) is 11.4 Å². The summed E-state index contributed by atoms with van der Waals surface area (Å²) >= 11 is 0. The molecule has 0 heterocycles. The van der Waals surface area contributed by atoms with Crippen LogP contribution in [0.25, 0.3) is 0 Å². The molecular formula is C25H54N2O6P+. The van der Waals surface area contributed by atoms with Crippen molar-refractivity contribution in [2.45, 2.75) is 109 Å². The smallest absolute Gasteiger partial charge is 0.394 e. The molecule has 0 saturated heterocycles. The average molecular weight is 510 g/mol. The number of aliphatic hydroxyl groups is 1. The minimum atomic E-state index is -4.67. The number of quaternary nitrogens is 1. The molecule has 1 atom stereocenters. The Bertz CT molecular complexity index is 550. The fourth-order valence-corrected chi connectivity index (χ4v) is 4.60. The van der Waals surface area contributed by atoms with Crippen LogP contribution in [0.5, 0.6) is 0 Å². The van der Waals surface area contributed by atoms with Crippen molar-refractivity contribution in [2.24, 2.45) is 0 Å². The van der Waals surface area contributed by atoms with Crippen LogP contribution < -0.4 is 0 Å². The van der Waals surface area contributed by atoms with Gasteiger partial charge in [0.1, 0.15) is 0 Å². The first-order chi connectivity index (χ1) is 16.0. The number of nitrogens with zero attached hydrogens (tertiary/aromatic N) is 2. The highest BCUT2D eigenvalue weighted by atomic mass is 31.2. The van der Waals surface area contributed by atoms with Gasteiger partial charge < -0.3 is 24.3 Å². The molecule has 0 radical (unpaired) electrons. The SMILES string of the molecule is CCCCCCCCCCCCCCCCN(CCC(CO)OP(=O)(O)O)C(=O)C[N+](C)(C)C. The Balaban J connectivity index is 4.14. The van der Waals surface area contributed by atoms with Gasteiger partial charge in [-0.25, -0.2) is 4.57 Å². The van der Waals surface area contributed by atoms with Gasteiger partial charge in [-0.1, -0.05) is 90.4 Å². The second-order valence-electron chi connectivity index (χ2n) is 10.6. The van der Waals surface area contributed by atoms with Crippen LogP contribution in [0.2, 0.25) is 0 Å². The maximum absolute atomic E-state index is 12.8. The maximum atomic E-state index is 12.8. The van der Waals surface area contributed by atoms with E-state index >= 15 is 0 Å². The van der Waals surface area contributed by atoms with Crippen molar-refractivity contribution in [3.8, 4) is 0 Å². The van der Waals surface area contributed by atoms with Crippen LogP contribution in [0.15, 0.2) is 0 Å². The normalized spacial score (nSPS) is 13.3. The van der Waals surface area contributed by atoms with Crippen molar-refractivity contribution in [3.63, 3.8) is 0 Å². The van der Waals surface area contributed by atoms with Gasteiger partial charge in [-0.15, -0.1) is 0 Å². The van der Waals surface area contributed by atoms with E-state index in [0.29, 0.717) is 24.1 Å². The molecule has 0 aromatic heterocycles. The first kappa shape index (κ1) is 33.5. The molecule has 0 aliphatic heterocycles. The number of likely N-dealkylation sites (N-methyl/N-ethyl adjacent to an activating group) is 1. The van der Waals surface area contributed by atoms with E-state index in [1.165, 1.54) is 70.6 Å². The summed E-state index contributed by atoms with van der Waals surface area (Å²) in [6.07, 6.45) is 17.0. The maximum Gasteiger partial charge on any atom is 0.469 e. The number of phosphoric ester groups is 1. The molecule has 3 N–H and O–H groups in total. The summed E-state index contributed by atoms with van der Waals surface area (Å²) in [4.78, 5) is 32.5. The van der Waals surface area contributed by atoms with Gasteiger partial charge in [0.2, 0.25) is 0 Å². The molecule has 1 amide bonds. The zero-order valence-electron chi connectivity index (χ0n) is 22.4. The molecule has 0 rings (SSSR count). The summed E-state index contributed by atoms with van der Waals surface area (Å²) in [5.74, 6) is 0.00932. The van der Waals surface area contributed by atoms with Crippen LogP contribution in [0.1, 0.15) is 103 Å². The number of carbonyl (C=O) groups excluding carboxylic acids is 1. The number of hydrogen-bond donors (Lipinski definition) is 3. The average Bonchev–Trinajstić information content (AvgIpc) is 2.72. The second-order valence-corrected chi connectivity index (χ2v) is 11.8. The number of unbranched alkanes of at least 4 members (excludes halogenated alkanes) is 13. The third kappa shape index (κ3) is 22.0. The molecule has 0 aliphatic rings. The van der Waals surface area contributed by atoms with Gasteiger partial charge in [0.15, 0.2) is 6.54 Å². The highest BCUT2D eigenvalue weighted by Crippen LogP contribution is 2.38. The first-order valence-corrected chi connectivity index (χ1v) is 14.9. The summed E-state index contributed by atoms with van der Waals surface area (Å²) < 4.78 is 16.2. The minimum absolute atomic E-state index is 0.00932. The van der Waals surface area contributed by atoms with Gasteiger partial charge in [0, 0.05) is 13.1 Å². The summed E-state index contributed by atoms with van der Waals surface area (Å²) in [5, 5.41) is 9.36. The molecule has 0 aromatic carbocycles. The fraction of sp³-hybridized carbons (Fsp3) is 0.960. The molecule has 34 heavy (non-hydrogen) atoms. The number of amides is 1. The van der Waals surface area contributed by atoms with Crippen LogP contribution in [0.4, 0.5) is 0 Å². The topological polar surface area (TPSA) is 107 Å². The lowest BCUT2D eigenvalue weighted by molar-refractivity contribution is -0.862. The summed E-state index contributed by atoms with van der Waals surface area (Å²) in [7, 11) is 1.19. The van der Waals surface area contributed by atoms with Crippen molar-refractivity contribution in [1.29, 1.82) is 0 Å². The Hall–Kier alpha value is -0.500. The number of rotatable bonds is 23. The molecule has 9 heteroatoms. The van der Waals surface area contributed by atoms with E-state index in [9.17, 15) is 14.5 Å². The molecule has 0 aromatic rings. The number of carbonyl (C=O) groups is 1. The van der Waals surface area contributed by atoms with Crippen molar-refractivity contribution >= 4 is 13.7 Å². The van der Waals surface area contributed by atoms with E-state index in [1.807, 2.05) is 21.1 Å². The van der Waals surface area contributed by atoms with Crippen molar-refractivity contribution in [2.75, 3.05) is 47.4 Å². The molecule has 1 unspecified atom stereocenters. The van der Waals surface area contributed by atoms with Gasteiger partial charge in [-0.05, 0) is 12.8 Å².